The normalized spacial score (nSPS) is 45.4. The minimum absolute atomic E-state index is 0.517. The zero-order valence-electron chi connectivity index (χ0n) is 12.6. The molecule has 0 spiro atoms. The molecule has 0 aromatic carbocycles. The number of allylic oxidation sites excluding steroid dienone is 8. The summed E-state index contributed by atoms with van der Waals surface area (Å²) in [5.74, 6) is 4.85. The Morgan fingerprint density at radius 3 is 1.43 bits per heavy atom. The molecule has 0 nitrogen and oxygen atoms in total. The third kappa shape index (κ3) is 2.64. The van der Waals surface area contributed by atoms with E-state index in [9.17, 15) is 0 Å². The lowest BCUT2D eigenvalue weighted by Crippen LogP contribution is -2.05. The van der Waals surface area contributed by atoms with Crippen molar-refractivity contribution in [3.63, 3.8) is 0 Å². The first-order valence-corrected chi connectivity index (χ1v) is 11.6. The molecule has 2 fully saturated rings. The molecule has 4 bridgehead atoms. The number of hydrogen-bond acceptors (Lipinski definition) is 0. The smallest absolute Gasteiger partial charge is 0.135 e. The molecule has 0 N–H and O–H groups in total. The van der Waals surface area contributed by atoms with Crippen molar-refractivity contribution in [1.82, 2.24) is 0 Å². The molecule has 0 aromatic rings. The molecule has 0 radical (unpaired) electrons. The van der Waals surface area contributed by atoms with E-state index in [1.165, 1.54) is 25.7 Å². The fourth-order valence-corrected chi connectivity index (χ4v) is 6.06. The molecule has 112 valence electrons. The lowest BCUT2D eigenvalue weighted by molar-refractivity contribution is 0.528. The van der Waals surface area contributed by atoms with Crippen LogP contribution in [-0.2, 0) is 0 Å². The number of halogens is 1. The first kappa shape index (κ1) is 14.1. The van der Waals surface area contributed by atoms with Crippen molar-refractivity contribution >= 4 is 19.9 Å². The molecule has 0 aliphatic heterocycles. The van der Waals surface area contributed by atoms with E-state index in [1.54, 1.807) is 0 Å². The zero-order chi connectivity index (χ0) is 14.2. The number of fused-ring (bicyclic) bond motifs is 4. The first-order valence-electron chi connectivity index (χ1n) is 8.64. The van der Waals surface area contributed by atoms with Gasteiger partial charge in [-0.1, -0.05) is 48.6 Å². The van der Waals surface area contributed by atoms with Gasteiger partial charge in [-0.25, -0.2) is 0 Å². The van der Waals surface area contributed by atoms with Crippen LogP contribution in [0.5, 0.6) is 0 Å². The molecule has 0 amide bonds. The van der Waals surface area contributed by atoms with Crippen molar-refractivity contribution < 1.29 is 0 Å². The van der Waals surface area contributed by atoms with Crippen LogP contribution < -0.4 is 0 Å². The Morgan fingerprint density at radius 1 is 0.762 bits per heavy atom. The van der Waals surface area contributed by atoms with Crippen LogP contribution >= 0.6 is 11.1 Å². The number of rotatable bonds is 5. The molecule has 4 rings (SSSR count). The van der Waals surface area contributed by atoms with Gasteiger partial charge >= 0.3 is 0 Å². The Labute approximate surface area is 135 Å². The third-order valence-corrected chi connectivity index (χ3v) is 8.16. The minimum atomic E-state index is -0.517. The molecular weight excluding hydrogens is 292 g/mol. The van der Waals surface area contributed by atoms with Crippen molar-refractivity contribution in [3.05, 3.63) is 48.6 Å². The molecule has 4 unspecified atom stereocenters. The highest BCUT2D eigenvalue weighted by atomic mass is 35.6. The van der Waals surface area contributed by atoms with Gasteiger partial charge in [-0.2, -0.15) is 11.1 Å². The predicted octanol–water partition coefficient (Wildman–Crippen LogP) is 4.63. The van der Waals surface area contributed by atoms with Gasteiger partial charge in [0, 0.05) is 0 Å². The summed E-state index contributed by atoms with van der Waals surface area (Å²) in [6.45, 7) is 0. The molecule has 21 heavy (non-hydrogen) atoms. The van der Waals surface area contributed by atoms with Crippen molar-refractivity contribution in [2.45, 2.75) is 31.2 Å². The molecule has 0 saturated heterocycles. The van der Waals surface area contributed by atoms with Gasteiger partial charge in [0.2, 0.25) is 0 Å². The molecule has 4 aliphatic carbocycles. The van der Waals surface area contributed by atoms with E-state index in [0.29, 0.717) is 5.54 Å². The molecule has 0 aromatic heterocycles. The van der Waals surface area contributed by atoms with Crippen LogP contribution in [0.2, 0.25) is 5.54 Å². The quantitative estimate of drug-likeness (QED) is 0.394. The molecular formula is C19H25ClSi. The predicted molar refractivity (Wildman–Crippen MR) is 94.1 cm³/mol. The van der Waals surface area contributed by atoms with Crippen LogP contribution in [0.1, 0.15) is 25.7 Å². The molecule has 0 heterocycles. The summed E-state index contributed by atoms with van der Waals surface area (Å²) in [6.07, 6.45) is 25.2. The summed E-state index contributed by atoms with van der Waals surface area (Å²) < 4.78 is 0. The monoisotopic (exact) mass is 316 g/mol. The van der Waals surface area contributed by atoms with Crippen molar-refractivity contribution in [2.24, 2.45) is 35.5 Å². The fraction of sp³-hybridized carbons (Fsp3) is 0.579. The summed E-state index contributed by atoms with van der Waals surface area (Å²) >= 11 is 6.32. The van der Waals surface area contributed by atoms with Crippen LogP contribution in [0.15, 0.2) is 48.6 Å². The Hall–Kier alpha value is -0.533. The second-order valence-electron chi connectivity index (χ2n) is 7.32. The summed E-state index contributed by atoms with van der Waals surface area (Å²) in [4.78, 5) is 0. The fourth-order valence-electron chi connectivity index (χ4n) is 4.92. The summed E-state index contributed by atoms with van der Waals surface area (Å²) in [6, 6.07) is 0. The van der Waals surface area contributed by atoms with Crippen molar-refractivity contribution in [2.75, 3.05) is 0 Å². The summed E-state index contributed by atoms with van der Waals surface area (Å²) in [5.41, 5.74) is 0.548. The average molecular weight is 317 g/mol. The molecule has 2 saturated carbocycles. The van der Waals surface area contributed by atoms with E-state index in [-0.39, 0.29) is 0 Å². The zero-order valence-corrected chi connectivity index (χ0v) is 14.7. The van der Waals surface area contributed by atoms with E-state index >= 15 is 0 Å². The van der Waals surface area contributed by atoms with Gasteiger partial charge in [-0.05, 0) is 66.7 Å². The Bertz CT molecular complexity index is 432. The SMILES string of the molecule is Cl[SiH2]C(C=CC1C2C=CC1CC2)C=CC1C2C=CC1CC2. The van der Waals surface area contributed by atoms with Crippen LogP contribution in [0, 0.1) is 35.5 Å². The maximum Gasteiger partial charge on any atom is 0.135 e. The number of hydrogen-bond donors (Lipinski definition) is 0. The largest absolute Gasteiger partial charge is 0.175 e. The van der Waals surface area contributed by atoms with E-state index in [4.69, 9.17) is 11.1 Å². The Morgan fingerprint density at radius 2 is 1.14 bits per heavy atom. The highest BCUT2D eigenvalue weighted by Crippen LogP contribution is 2.46. The second kappa shape index (κ2) is 5.93. The minimum Gasteiger partial charge on any atom is -0.175 e. The topological polar surface area (TPSA) is 0 Å². The van der Waals surface area contributed by atoms with Crippen LogP contribution in [0.4, 0.5) is 0 Å². The average Bonchev–Trinajstić information content (AvgIpc) is 3.28. The third-order valence-electron chi connectivity index (χ3n) is 6.19. The van der Waals surface area contributed by atoms with Gasteiger partial charge in [-0.15, -0.1) is 0 Å². The van der Waals surface area contributed by atoms with E-state index in [0.717, 1.165) is 35.5 Å². The summed E-state index contributed by atoms with van der Waals surface area (Å²) in [7, 11) is -0.517. The summed E-state index contributed by atoms with van der Waals surface area (Å²) in [5, 5.41) is 0. The van der Waals surface area contributed by atoms with Gasteiger partial charge in [0.1, 0.15) is 8.83 Å². The van der Waals surface area contributed by atoms with E-state index in [1.807, 2.05) is 0 Å². The second-order valence-corrected chi connectivity index (χ2v) is 9.50. The lowest BCUT2D eigenvalue weighted by atomic mass is 9.94. The van der Waals surface area contributed by atoms with Crippen molar-refractivity contribution in [3.8, 4) is 0 Å². The van der Waals surface area contributed by atoms with Gasteiger partial charge in [0.15, 0.2) is 0 Å². The Kier molecular flexibility index (Phi) is 3.98. The Balaban J connectivity index is 1.37. The first-order chi connectivity index (χ1) is 10.3. The van der Waals surface area contributed by atoms with Crippen molar-refractivity contribution in [1.29, 1.82) is 0 Å². The van der Waals surface area contributed by atoms with Gasteiger partial charge in [0.05, 0.1) is 0 Å². The van der Waals surface area contributed by atoms with Crippen LogP contribution in [0.25, 0.3) is 0 Å². The van der Waals surface area contributed by atoms with Gasteiger partial charge in [-0.3, -0.25) is 0 Å². The van der Waals surface area contributed by atoms with Gasteiger partial charge in [0.25, 0.3) is 0 Å². The standard InChI is InChI=1S/C19H25ClSi/c20-21-17(9-11-18-13-1-2-14(18)4-3-13)10-12-19-15-5-6-16(19)8-7-15/h1-2,5-6,9-19H,3-4,7-8,21H2. The van der Waals surface area contributed by atoms with Crippen LogP contribution in [-0.4, -0.2) is 8.83 Å². The highest BCUT2D eigenvalue weighted by Gasteiger charge is 2.36. The lowest BCUT2D eigenvalue weighted by Gasteiger charge is -2.13. The van der Waals surface area contributed by atoms with Gasteiger partial charge < -0.3 is 0 Å². The molecule has 4 atom stereocenters. The highest BCUT2D eigenvalue weighted by molar-refractivity contribution is 6.95. The molecule has 2 heteroatoms. The van der Waals surface area contributed by atoms with E-state index in [2.05, 4.69) is 48.6 Å². The molecule has 4 aliphatic rings. The maximum atomic E-state index is 6.32. The van der Waals surface area contributed by atoms with E-state index < -0.39 is 8.83 Å². The maximum absolute atomic E-state index is 6.32. The van der Waals surface area contributed by atoms with Crippen LogP contribution in [0.3, 0.4) is 0 Å².